The summed E-state index contributed by atoms with van der Waals surface area (Å²) in [5.41, 5.74) is 8.40. The van der Waals surface area contributed by atoms with Gasteiger partial charge in [0.05, 0.1) is 0 Å². The maximum atomic E-state index is 13.7. The van der Waals surface area contributed by atoms with Crippen LogP contribution in [0.15, 0.2) is 42.5 Å². The molecule has 0 aromatic heterocycles. The molecule has 2 aromatic carbocycles. The third-order valence-electron chi connectivity index (χ3n) is 3.50. The van der Waals surface area contributed by atoms with Gasteiger partial charge in [-0.25, -0.2) is 4.39 Å². The summed E-state index contributed by atoms with van der Waals surface area (Å²) >= 11 is 0. The molecule has 0 unspecified atom stereocenters. The van der Waals surface area contributed by atoms with E-state index in [1.807, 2.05) is 30.3 Å². The fourth-order valence-electron chi connectivity index (χ4n) is 2.52. The molecule has 1 heterocycles. The maximum Gasteiger partial charge on any atom is 0.131 e. The largest absolute Gasteiger partial charge is 0.488 e. The van der Waals surface area contributed by atoms with Gasteiger partial charge < -0.3 is 10.5 Å². The number of halogens is 2. The number of aryl methyl sites for hydroxylation is 1. The zero-order valence-corrected chi connectivity index (χ0v) is 11.8. The molecule has 106 valence electrons. The number of benzene rings is 2. The molecule has 2 nitrogen and oxygen atoms in total. The Morgan fingerprint density at radius 2 is 1.95 bits per heavy atom. The van der Waals surface area contributed by atoms with E-state index in [1.165, 1.54) is 6.07 Å². The van der Waals surface area contributed by atoms with Gasteiger partial charge in [0.15, 0.2) is 0 Å². The lowest BCUT2D eigenvalue weighted by Gasteiger charge is -2.27. The predicted molar refractivity (Wildman–Crippen MR) is 80.9 cm³/mol. The van der Waals surface area contributed by atoms with Crippen molar-refractivity contribution in [2.45, 2.75) is 18.9 Å². The van der Waals surface area contributed by atoms with E-state index in [-0.39, 0.29) is 24.3 Å². The summed E-state index contributed by atoms with van der Waals surface area (Å²) in [5, 5.41) is 0. The lowest BCUT2D eigenvalue weighted by molar-refractivity contribution is 0.182. The Morgan fingerprint density at radius 1 is 1.20 bits per heavy atom. The van der Waals surface area contributed by atoms with Crippen LogP contribution in [-0.4, -0.2) is 12.6 Å². The second-order valence-electron chi connectivity index (χ2n) is 4.82. The van der Waals surface area contributed by atoms with Crippen molar-refractivity contribution in [2.75, 3.05) is 6.54 Å². The van der Waals surface area contributed by atoms with Crippen molar-refractivity contribution in [2.24, 2.45) is 5.73 Å². The zero-order chi connectivity index (χ0) is 13.2. The van der Waals surface area contributed by atoms with Gasteiger partial charge in [0.1, 0.15) is 17.7 Å². The summed E-state index contributed by atoms with van der Waals surface area (Å²) < 4.78 is 19.7. The van der Waals surface area contributed by atoms with E-state index in [0.717, 1.165) is 35.3 Å². The van der Waals surface area contributed by atoms with Crippen molar-refractivity contribution in [3.05, 3.63) is 53.8 Å². The van der Waals surface area contributed by atoms with Crippen LogP contribution >= 0.6 is 12.4 Å². The normalized spacial score (nSPS) is 16.8. The topological polar surface area (TPSA) is 35.2 Å². The number of fused-ring (bicyclic) bond motifs is 1. The van der Waals surface area contributed by atoms with Gasteiger partial charge in [-0.1, -0.05) is 30.3 Å². The molecule has 1 aliphatic heterocycles. The Kier molecular flexibility index (Phi) is 4.63. The van der Waals surface area contributed by atoms with Gasteiger partial charge in [0.25, 0.3) is 0 Å². The number of hydrogen-bond acceptors (Lipinski definition) is 2. The standard InChI is InChI=1S/C16H16FNO.ClH/c17-13-8-12-6-7-14(10-18)19-16(12)15(9-13)11-4-2-1-3-5-11;/h1-5,8-9,14H,6-7,10,18H2;1H/t14-;/m0./s1. The molecule has 1 atom stereocenters. The molecule has 2 N–H and O–H groups in total. The highest BCUT2D eigenvalue weighted by atomic mass is 35.5. The van der Waals surface area contributed by atoms with Crippen molar-refractivity contribution < 1.29 is 9.13 Å². The molecule has 20 heavy (non-hydrogen) atoms. The number of nitrogens with two attached hydrogens (primary N) is 1. The average molecular weight is 294 g/mol. The minimum atomic E-state index is -0.215. The Hall–Kier alpha value is -1.58. The highest BCUT2D eigenvalue weighted by Gasteiger charge is 2.22. The smallest absolute Gasteiger partial charge is 0.131 e. The van der Waals surface area contributed by atoms with Crippen molar-refractivity contribution in [1.82, 2.24) is 0 Å². The SMILES string of the molecule is Cl.NC[C@@H]1CCc2cc(F)cc(-c3ccccc3)c2O1. The second-order valence-corrected chi connectivity index (χ2v) is 4.82. The van der Waals surface area contributed by atoms with Crippen LogP contribution in [0.2, 0.25) is 0 Å². The lowest BCUT2D eigenvalue weighted by atomic mass is 9.95. The van der Waals surface area contributed by atoms with Crippen molar-refractivity contribution in [3.8, 4) is 16.9 Å². The summed E-state index contributed by atoms with van der Waals surface area (Å²) in [5.74, 6) is 0.571. The molecule has 0 bridgehead atoms. The Bertz CT molecular complexity index is 589. The summed E-state index contributed by atoms with van der Waals surface area (Å²) in [4.78, 5) is 0. The van der Waals surface area contributed by atoms with Gasteiger partial charge in [0.2, 0.25) is 0 Å². The first kappa shape index (κ1) is 14.8. The van der Waals surface area contributed by atoms with Crippen LogP contribution in [0.25, 0.3) is 11.1 Å². The van der Waals surface area contributed by atoms with Crippen LogP contribution < -0.4 is 10.5 Å². The molecule has 0 saturated carbocycles. The lowest BCUT2D eigenvalue weighted by Crippen LogP contribution is -2.30. The van der Waals surface area contributed by atoms with Crippen LogP contribution in [0, 0.1) is 5.82 Å². The quantitative estimate of drug-likeness (QED) is 0.919. The Morgan fingerprint density at radius 3 is 2.65 bits per heavy atom. The Labute approximate surface area is 124 Å². The fourth-order valence-corrected chi connectivity index (χ4v) is 2.52. The van der Waals surface area contributed by atoms with E-state index >= 15 is 0 Å². The predicted octanol–water partition coefficient (Wildman–Crippen LogP) is 3.57. The van der Waals surface area contributed by atoms with Gasteiger partial charge in [-0.05, 0) is 36.1 Å². The summed E-state index contributed by atoms with van der Waals surface area (Å²) in [6, 6.07) is 12.8. The molecule has 0 saturated heterocycles. The number of hydrogen-bond donors (Lipinski definition) is 1. The van der Waals surface area contributed by atoms with Crippen molar-refractivity contribution in [3.63, 3.8) is 0 Å². The van der Waals surface area contributed by atoms with Crippen LogP contribution in [-0.2, 0) is 6.42 Å². The van der Waals surface area contributed by atoms with Crippen LogP contribution in [0.4, 0.5) is 4.39 Å². The first-order valence-corrected chi connectivity index (χ1v) is 6.52. The summed E-state index contributed by atoms with van der Waals surface area (Å²) in [6.45, 7) is 0.491. The molecule has 2 aromatic rings. The molecule has 3 rings (SSSR count). The molecule has 4 heteroatoms. The minimum Gasteiger partial charge on any atom is -0.488 e. The molecule has 0 aliphatic carbocycles. The average Bonchev–Trinajstić information content (AvgIpc) is 2.47. The first-order chi connectivity index (χ1) is 9.28. The minimum absolute atomic E-state index is 0. The monoisotopic (exact) mass is 293 g/mol. The second kappa shape index (κ2) is 6.25. The van der Waals surface area contributed by atoms with Crippen LogP contribution in [0.1, 0.15) is 12.0 Å². The third-order valence-corrected chi connectivity index (χ3v) is 3.50. The van der Waals surface area contributed by atoms with Crippen molar-refractivity contribution in [1.29, 1.82) is 0 Å². The van der Waals surface area contributed by atoms with E-state index in [4.69, 9.17) is 10.5 Å². The highest BCUT2D eigenvalue weighted by molar-refractivity contribution is 5.85. The van der Waals surface area contributed by atoms with E-state index in [1.54, 1.807) is 6.07 Å². The number of rotatable bonds is 2. The van der Waals surface area contributed by atoms with Crippen LogP contribution in [0.5, 0.6) is 5.75 Å². The summed E-state index contributed by atoms with van der Waals surface area (Å²) in [7, 11) is 0. The molecular formula is C16H17ClFNO. The molecular weight excluding hydrogens is 277 g/mol. The van der Waals surface area contributed by atoms with E-state index in [2.05, 4.69) is 0 Å². The van der Waals surface area contributed by atoms with E-state index in [9.17, 15) is 4.39 Å². The molecule has 0 spiro atoms. The van der Waals surface area contributed by atoms with Gasteiger partial charge in [-0.2, -0.15) is 0 Å². The van der Waals surface area contributed by atoms with Gasteiger partial charge in [-0.3, -0.25) is 0 Å². The number of ether oxygens (including phenoxy) is 1. The van der Waals surface area contributed by atoms with E-state index in [0.29, 0.717) is 6.54 Å². The zero-order valence-electron chi connectivity index (χ0n) is 11.0. The first-order valence-electron chi connectivity index (χ1n) is 6.52. The molecule has 1 aliphatic rings. The van der Waals surface area contributed by atoms with Gasteiger partial charge >= 0.3 is 0 Å². The van der Waals surface area contributed by atoms with E-state index < -0.39 is 0 Å². The van der Waals surface area contributed by atoms with Gasteiger partial charge in [-0.15, -0.1) is 12.4 Å². The van der Waals surface area contributed by atoms with Crippen LogP contribution in [0.3, 0.4) is 0 Å². The molecule has 0 amide bonds. The fraction of sp³-hybridized carbons (Fsp3) is 0.250. The summed E-state index contributed by atoms with van der Waals surface area (Å²) in [6.07, 6.45) is 1.69. The van der Waals surface area contributed by atoms with Crippen molar-refractivity contribution >= 4 is 12.4 Å². The molecule has 0 fully saturated rings. The Balaban J connectivity index is 0.00000147. The van der Waals surface area contributed by atoms with Gasteiger partial charge in [0, 0.05) is 12.1 Å². The molecule has 0 radical (unpaired) electrons. The third kappa shape index (κ3) is 2.79. The maximum absolute atomic E-state index is 13.7. The highest BCUT2D eigenvalue weighted by Crippen LogP contribution is 2.38.